The van der Waals surface area contributed by atoms with E-state index in [2.05, 4.69) is 15.0 Å². The number of thiophene rings is 1. The van der Waals surface area contributed by atoms with Gasteiger partial charge in [0.15, 0.2) is 0 Å². The van der Waals surface area contributed by atoms with Crippen LogP contribution in [0.4, 0.5) is 0 Å². The molecule has 0 bridgehead atoms. The average molecular weight is 319 g/mol. The fraction of sp³-hybridized carbons (Fsp3) is 0.0556. The molecule has 3 aromatic heterocycles. The van der Waals surface area contributed by atoms with Crippen LogP contribution in [0.1, 0.15) is 11.5 Å². The molecule has 0 aliphatic carbocycles. The molecule has 0 aliphatic rings. The molecule has 4 nitrogen and oxygen atoms in total. The van der Waals surface area contributed by atoms with Crippen LogP contribution in [0.5, 0.6) is 0 Å². The molecular weight excluding hydrogens is 306 g/mol. The minimum atomic E-state index is -0.0897. The van der Waals surface area contributed by atoms with Gasteiger partial charge in [0, 0.05) is 23.2 Å². The van der Waals surface area contributed by atoms with Gasteiger partial charge < -0.3 is 4.98 Å². The summed E-state index contributed by atoms with van der Waals surface area (Å²) in [5.41, 5.74) is 2.63. The molecule has 0 aliphatic heterocycles. The second-order valence-corrected chi connectivity index (χ2v) is 6.25. The van der Waals surface area contributed by atoms with E-state index < -0.39 is 0 Å². The van der Waals surface area contributed by atoms with Gasteiger partial charge in [-0.3, -0.25) is 9.78 Å². The summed E-state index contributed by atoms with van der Waals surface area (Å²) >= 11 is 1.47. The Labute approximate surface area is 136 Å². The first-order valence-electron chi connectivity index (χ1n) is 7.28. The number of hydrogen-bond donors (Lipinski definition) is 1. The third kappa shape index (κ3) is 2.78. The smallest absolute Gasteiger partial charge is 0.268 e. The molecule has 5 heteroatoms. The zero-order chi connectivity index (χ0) is 15.6. The van der Waals surface area contributed by atoms with Gasteiger partial charge in [-0.2, -0.15) is 0 Å². The Bertz CT molecular complexity index is 1010. The van der Waals surface area contributed by atoms with E-state index in [1.165, 1.54) is 11.3 Å². The Morgan fingerprint density at radius 3 is 2.65 bits per heavy atom. The summed E-state index contributed by atoms with van der Waals surface area (Å²) in [6.07, 6.45) is 2.26. The molecule has 0 saturated carbocycles. The fourth-order valence-electron chi connectivity index (χ4n) is 2.49. The van der Waals surface area contributed by atoms with E-state index in [9.17, 15) is 4.79 Å². The van der Waals surface area contributed by atoms with Crippen LogP contribution in [0.25, 0.3) is 20.7 Å². The molecule has 23 heavy (non-hydrogen) atoms. The normalized spacial score (nSPS) is 11.0. The maximum Gasteiger partial charge on any atom is 0.268 e. The summed E-state index contributed by atoms with van der Waals surface area (Å²) < 4.78 is 0.661. The summed E-state index contributed by atoms with van der Waals surface area (Å²) in [5.74, 6) is 0.638. The molecule has 0 spiro atoms. The van der Waals surface area contributed by atoms with E-state index in [1.807, 2.05) is 54.6 Å². The van der Waals surface area contributed by atoms with E-state index in [-0.39, 0.29) is 5.56 Å². The number of nitrogens with one attached hydrogen (secondary N) is 1. The lowest BCUT2D eigenvalue weighted by atomic mass is 10.2. The molecule has 3 heterocycles. The van der Waals surface area contributed by atoms with E-state index >= 15 is 0 Å². The topological polar surface area (TPSA) is 58.6 Å². The molecule has 112 valence electrons. The van der Waals surface area contributed by atoms with Crippen molar-refractivity contribution in [2.75, 3.05) is 0 Å². The zero-order valence-electron chi connectivity index (χ0n) is 12.2. The maximum absolute atomic E-state index is 12.3. The van der Waals surface area contributed by atoms with Crippen molar-refractivity contribution < 1.29 is 0 Å². The predicted molar refractivity (Wildman–Crippen MR) is 92.7 cm³/mol. The average Bonchev–Trinajstić information content (AvgIpc) is 3.01. The van der Waals surface area contributed by atoms with Gasteiger partial charge >= 0.3 is 0 Å². The lowest BCUT2D eigenvalue weighted by Gasteiger charge is -2.00. The maximum atomic E-state index is 12.3. The van der Waals surface area contributed by atoms with Crippen molar-refractivity contribution in [3.8, 4) is 10.4 Å². The number of aromatic nitrogens is 3. The van der Waals surface area contributed by atoms with Crippen LogP contribution in [0.3, 0.4) is 0 Å². The number of H-pyrrole nitrogens is 1. The van der Waals surface area contributed by atoms with Crippen LogP contribution in [0, 0.1) is 0 Å². The van der Waals surface area contributed by atoms with Gasteiger partial charge in [0.25, 0.3) is 5.56 Å². The van der Waals surface area contributed by atoms with Gasteiger partial charge in [0.1, 0.15) is 10.5 Å². The van der Waals surface area contributed by atoms with Crippen molar-refractivity contribution in [3.05, 3.63) is 82.7 Å². The summed E-state index contributed by atoms with van der Waals surface area (Å²) in [6.45, 7) is 0. The number of rotatable bonds is 3. The highest BCUT2D eigenvalue weighted by atomic mass is 32.1. The number of nitrogens with zero attached hydrogens (tertiary/aromatic N) is 2. The number of aromatic amines is 1. The highest BCUT2D eigenvalue weighted by Crippen LogP contribution is 2.30. The highest BCUT2D eigenvalue weighted by Gasteiger charge is 2.10. The minimum Gasteiger partial charge on any atom is -0.309 e. The van der Waals surface area contributed by atoms with Gasteiger partial charge in [-0.15, -0.1) is 11.3 Å². The van der Waals surface area contributed by atoms with Crippen molar-refractivity contribution in [2.45, 2.75) is 6.42 Å². The van der Waals surface area contributed by atoms with E-state index in [4.69, 9.17) is 0 Å². The first kappa shape index (κ1) is 13.8. The van der Waals surface area contributed by atoms with E-state index in [1.54, 1.807) is 6.20 Å². The number of fused-ring (bicyclic) bond motifs is 1. The number of hydrogen-bond acceptors (Lipinski definition) is 4. The van der Waals surface area contributed by atoms with Crippen LogP contribution < -0.4 is 5.56 Å². The van der Waals surface area contributed by atoms with Gasteiger partial charge in [-0.25, -0.2) is 4.98 Å². The van der Waals surface area contributed by atoms with E-state index in [0.717, 1.165) is 21.7 Å². The molecule has 0 fully saturated rings. The van der Waals surface area contributed by atoms with Crippen molar-refractivity contribution in [1.29, 1.82) is 0 Å². The lowest BCUT2D eigenvalue weighted by Crippen LogP contribution is -2.10. The Morgan fingerprint density at radius 2 is 1.87 bits per heavy atom. The highest BCUT2D eigenvalue weighted by molar-refractivity contribution is 7.22. The first-order chi connectivity index (χ1) is 11.3. The van der Waals surface area contributed by atoms with Gasteiger partial charge in [0.2, 0.25) is 0 Å². The summed E-state index contributed by atoms with van der Waals surface area (Å²) in [4.78, 5) is 25.1. The molecule has 0 radical (unpaired) electrons. The minimum absolute atomic E-state index is 0.0897. The molecule has 1 N–H and O–H groups in total. The lowest BCUT2D eigenvalue weighted by molar-refractivity contribution is 0.941. The zero-order valence-corrected chi connectivity index (χ0v) is 13.0. The molecule has 0 saturated heterocycles. The molecule has 0 atom stereocenters. The van der Waals surface area contributed by atoms with Crippen LogP contribution in [0.15, 0.2) is 65.6 Å². The molecule has 0 amide bonds. The molecule has 0 unspecified atom stereocenters. The van der Waals surface area contributed by atoms with Gasteiger partial charge in [-0.05, 0) is 23.8 Å². The molecule has 1 aromatic carbocycles. The first-order valence-corrected chi connectivity index (χ1v) is 8.09. The quantitative estimate of drug-likeness (QED) is 0.627. The summed E-state index contributed by atoms with van der Waals surface area (Å²) in [7, 11) is 0. The van der Waals surface area contributed by atoms with Crippen molar-refractivity contribution in [3.63, 3.8) is 0 Å². The molecule has 4 aromatic rings. The van der Waals surface area contributed by atoms with Gasteiger partial charge in [-0.1, -0.05) is 36.4 Å². The third-order valence-corrected chi connectivity index (χ3v) is 4.74. The van der Waals surface area contributed by atoms with Crippen LogP contribution in [-0.4, -0.2) is 15.0 Å². The molecular formula is C18H13N3OS. The van der Waals surface area contributed by atoms with Crippen LogP contribution >= 0.6 is 11.3 Å². The standard InChI is InChI=1S/C18H13N3OS/c22-18-17-14(11-15(23-17)12-6-2-1-3-7-12)20-16(21-18)10-13-8-4-5-9-19-13/h1-9,11H,10H2,(H,20,21,22). The second kappa shape index (κ2) is 5.78. The predicted octanol–water partition coefficient (Wildman–Crippen LogP) is 3.64. The second-order valence-electron chi connectivity index (χ2n) is 5.20. The van der Waals surface area contributed by atoms with Gasteiger partial charge in [0.05, 0.1) is 5.52 Å². The number of benzene rings is 1. The molecule has 4 rings (SSSR count). The summed E-state index contributed by atoms with van der Waals surface area (Å²) in [6, 6.07) is 17.7. The Balaban J connectivity index is 1.77. The Morgan fingerprint density at radius 1 is 1.04 bits per heavy atom. The third-order valence-electron chi connectivity index (χ3n) is 3.56. The van der Waals surface area contributed by atoms with E-state index in [0.29, 0.717) is 16.9 Å². The SMILES string of the molecule is O=c1[nH]c(Cc2ccccn2)nc2cc(-c3ccccc3)sc12. The number of pyridine rings is 1. The van der Waals surface area contributed by atoms with Crippen molar-refractivity contribution >= 4 is 21.6 Å². The Kier molecular flexibility index (Phi) is 3.48. The monoisotopic (exact) mass is 319 g/mol. The summed E-state index contributed by atoms with van der Waals surface area (Å²) in [5, 5.41) is 0. The fourth-order valence-corrected chi connectivity index (χ4v) is 3.49. The van der Waals surface area contributed by atoms with Crippen LogP contribution in [-0.2, 0) is 6.42 Å². The van der Waals surface area contributed by atoms with Crippen molar-refractivity contribution in [1.82, 2.24) is 15.0 Å². The van der Waals surface area contributed by atoms with Crippen molar-refractivity contribution in [2.24, 2.45) is 0 Å². The van der Waals surface area contributed by atoms with Crippen LogP contribution in [0.2, 0.25) is 0 Å². The Hall–Kier alpha value is -2.79. The largest absolute Gasteiger partial charge is 0.309 e.